The van der Waals surface area contributed by atoms with Gasteiger partial charge < -0.3 is 30.9 Å². The predicted octanol–water partition coefficient (Wildman–Crippen LogP) is 14.7. The number of nitrogens with one attached hydrogen (secondary N) is 3. The van der Waals surface area contributed by atoms with Crippen molar-refractivity contribution in [3.05, 3.63) is 99.6 Å². The molecular weight excluding hydrogens is 831 g/mol. The number of anilines is 2. The number of unbranched alkanes of at least 4 members (excludes halogenated alkanes) is 7. The van der Waals surface area contributed by atoms with E-state index in [1.165, 1.54) is 38.5 Å². The van der Waals surface area contributed by atoms with Crippen molar-refractivity contribution in [2.24, 2.45) is 0 Å². The number of hydrogen-bond acceptors (Lipinski definition) is 6. The fraction of sp³-hybridized carbons (Fsp3) is 0.559. The van der Waals surface area contributed by atoms with Crippen molar-refractivity contribution < 1.29 is 24.5 Å². The van der Waals surface area contributed by atoms with Crippen molar-refractivity contribution in [3.8, 4) is 28.4 Å². The Morgan fingerprint density at radius 3 is 1.40 bits per heavy atom. The lowest BCUT2D eigenvalue weighted by Crippen LogP contribution is -2.35. The van der Waals surface area contributed by atoms with Gasteiger partial charge in [0.2, 0.25) is 11.8 Å². The number of aryl methyl sites for hydroxylation is 2. The van der Waals surface area contributed by atoms with Crippen LogP contribution in [0.2, 0.25) is 0 Å². The molecule has 1 atom stereocenters. The standard InChI is InChI=1S/C59H85N3O5/c1-14-15-16-17-18-19-20-21-32-67-51-38-42(25-27-50(51)62-53(64)29-23-40-35-46(58(8,9)10)55(66)47(36-40)59(11,12)13)41-24-26-49(43(37-41)48-30-31-60-48)61-52(63)28-22-39-33-44(56(2,3)4)54(65)45(34-39)57(5,6)7/h24-27,33-38,48,60,65-66H,14-23,28-32H2,1-13H3,(H,61,63)(H,62,64). The van der Waals surface area contributed by atoms with E-state index >= 15 is 0 Å². The molecule has 1 aliphatic heterocycles. The highest BCUT2D eigenvalue weighted by atomic mass is 16.5. The fourth-order valence-electron chi connectivity index (χ4n) is 8.95. The van der Waals surface area contributed by atoms with Gasteiger partial charge in [0, 0.05) is 24.6 Å². The van der Waals surface area contributed by atoms with Crippen molar-refractivity contribution >= 4 is 23.2 Å². The molecule has 0 spiro atoms. The minimum Gasteiger partial charge on any atom is -0.507 e. The van der Waals surface area contributed by atoms with Crippen LogP contribution >= 0.6 is 0 Å². The van der Waals surface area contributed by atoms with Crippen molar-refractivity contribution in [2.75, 3.05) is 23.8 Å². The summed E-state index contributed by atoms with van der Waals surface area (Å²) >= 11 is 0. The van der Waals surface area contributed by atoms with E-state index in [-0.39, 0.29) is 45.9 Å². The quantitative estimate of drug-likeness (QED) is 0.0563. The molecule has 4 aromatic rings. The third-order valence-corrected chi connectivity index (χ3v) is 13.2. The summed E-state index contributed by atoms with van der Waals surface area (Å²) in [5.41, 5.74) is 9.13. The van der Waals surface area contributed by atoms with Crippen LogP contribution < -0.4 is 20.7 Å². The molecule has 1 aliphatic rings. The Morgan fingerprint density at radius 2 is 0.985 bits per heavy atom. The van der Waals surface area contributed by atoms with Crippen LogP contribution in [0.5, 0.6) is 17.2 Å². The van der Waals surface area contributed by atoms with Crippen molar-refractivity contribution in [1.82, 2.24) is 5.32 Å². The van der Waals surface area contributed by atoms with Crippen LogP contribution in [0, 0.1) is 0 Å². The van der Waals surface area contributed by atoms with E-state index in [2.05, 4.69) is 136 Å². The van der Waals surface area contributed by atoms with Crippen molar-refractivity contribution in [1.29, 1.82) is 0 Å². The van der Waals surface area contributed by atoms with E-state index in [1.807, 2.05) is 30.3 Å². The molecule has 5 N–H and O–H groups in total. The number of phenolic OH excluding ortho intramolecular Hbond substituents is 2. The van der Waals surface area contributed by atoms with Gasteiger partial charge in [-0.05, 0) is 128 Å². The molecule has 5 rings (SSSR count). The zero-order valence-corrected chi connectivity index (χ0v) is 43.6. The summed E-state index contributed by atoms with van der Waals surface area (Å²) in [6, 6.07) is 20.6. The highest BCUT2D eigenvalue weighted by Gasteiger charge is 2.29. The largest absolute Gasteiger partial charge is 0.507 e. The van der Waals surface area contributed by atoms with E-state index in [4.69, 9.17) is 4.74 Å². The van der Waals surface area contributed by atoms with Gasteiger partial charge in [-0.1, -0.05) is 171 Å². The van der Waals surface area contributed by atoms with Gasteiger partial charge in [-0.15, -0.1) is 0 Å². The van der Waals surface area contributed by atoms with Gasteiger partial charge >= 0.3 is 0 Å². The molecule has 1 heterocycles. The van der Waals surface area contributed by atoms with Gasteiger partial charge in [-0.2, -0.15) is 0 Å². The summed E-state index contributed by atoms with van der Waals surface area (Å²) in [5, 5.41) is 32.5. The number of aromatic hydroxyl groups is 2. The maximum Gasteiger partial charge on any atom is 0.224 e. The smallest absolute Gasteiger partial charge is 0.224 e. The topological polar surface area (TPSA) is 120 Å². The van der Waals surface area contributed by atoms with E-state index < -0.39 is 0 Å². The average Bonchev–Trinajstić information content (AvgIpc) is 3.21. The molecule has 8 heteroatoms. The maximum atomic E-state index is 13.7. The minimum atomic E-state index is -0.252. The Kier molecular flexibility index (Phi) is 17.9. The molecule has 2 amide bonds. The molecule has 0 radical (unpaired) electrons. The lowest BCUT2D eigenvalue weighted by Gasteiger charge is -2.30. The van der Waals surface area contributed by atoms with Gasteiger partial charge in [-0.25, -0.2) is 0 Å². The monoisotopic (exact) mass is 916 g/mol. The summed E-state index contributed by atoms with van der Waals surface area (Å²) in [4.78, 5) is 27.4. The number of carbonyl (C=O) groups is 2. The first kappa shape index (κ1) is 53.1. The fourth-order valence-corrected chi connectivity index (χ4v) is 8.95. The first-order valence-electron chi connectivity index (χ1n) is 25.3. The van der Waals surface area contributed by atoms with Crippen LogP contribution in [-0.2, 0) is 44.1 Å². The van der Waals surface area contributed by atoms with Gasteiger partial charge in [0.15, 0.2) is 0 Å². The molecule has 366 valence electrons. The highest BCUT2D eigenvalue weighted by molar-refractivity contribution is 5.94. The molecular formula is C59H85N3O5. The summed E-state index contributed by atoms with van der Waals surface area (Å²) in [7, 11) is 0. The normalized spacial score (nSPS) is 14.4. The van der Waals surface area contributed by atoms with Gasteiger partial charge in [0.05, 0.1) is 12.3 Å². The molecule has 0 aromatic heterocycles. The predicted molar refractivity (Wildman–Crippen MR) is 280 cm³/mol. The van der Waals surface area contributed by atoms with Crippen LogP contribution in [0.15, 0.2) is 60.7 Å². The Hall–Kier alpha value is -4.82. The number of amides is 2. The molecule has 0 bridgehead atoms. The molecule has 1 saturated heterocycles. The SMILES string of the molecule is CCCCCCCCCCOc1cc(-c2ccc(NC(=O)CCc3cc(C(C)(C)C)c(O)c(C(C)(C)C)c3)c(C3CCN3)c2)ccc1NC(=O)CCc1cc(C(C)(C)C)c(O)c(C(C)(C)C)c1. The Bertz CT molecular complexity index is 2240. The van der Waals surface area contributed by atoms with Crippen molar-refractivity contribution in [2.45, 2.75) is 201 Å². The number of ether oxygens (including phenoxy) is 1. The number of benzene rings is 4. The first-order valence-corrected chi connectivity index (χ1v) is 25.3. The lowest BCUT2D eigenvalue weighted by molar-refractivity contribution is -0.117. The van der Waals surface area contributed by atoms with Gasteiger partial charge in [-0.3, -0.25) is 9.59 Å². The van der Waals surface area contributed by atoms with E-state index in [0.29, 0.717) is 48.8 Å². The first-order chi connectivity index (χ1) is 31.4. The summed E-state index contributed by atoms with van der Waals surface area (Å²) < 4.78 is 6.51. The van der Waals surface area contributed by atoms with Crippen LogP contribution in [0.4, 0.5) is 11.4 Å². The third-order valence-electron chi connectivity index (χ3n) is 13.2. The molecule has 8 nitrogen and oxygen atoms in total. The Labute approximate surface area is 404 Å². The van der Waals surface area contributed by atoms with E-state index in [1.54, 1.807) is 0 Å². The number of carbonyl (C=O) groups excluding carboxylic acids is 2. The van der Waals surface area contributed by atoms with Gasteiger partial charge in [0.25, 0.3) is 0 Å². The van der Waals surface area contributed by atoms with Crippen LogP contribution in [-0.4, -0.2) is 35.2 Å². The minimum absolute atomic E-state index is 0.0533. The zero-order chi connectivity index (χ0) is 49.3. The Morgan fingerprint density at radius 1 is 0.582 bits per heavy atom. The highest BCUT2D eigenvalue weighted by Crippen LogP contribution is 2.42. The second-order valence-corrected chi connectivity index (χ2v) is 23.3. The molecule has 67 heavy (non-hydrogen) atoms. The molecule has 1 fully saturated rings. The third kappa shape index (κ3) is 14.8. The number of phenols is 2. The molecule has 0 saturated carbocycles. The van der Waals surface area contributed by atoms with Crippen molar-refractivity contribution in [3.63, 3.8) is 0 Å². The maximum absolute atomic E-state index is 13.7. The van der Waals surface area contributed by atoms with Crippen LogP contribution in [0.25, 0.3) is 11.1 Å². The van der Waals surface area contributed by atoms with E-state index in [9.17, 15) is 19.8 Å². The average molecular weight is 916 g/mol. The second-order valence-electron chi connectivity index (χ2n) is 23.3. The summed E-state index contributed by atoms with van der Waals surface area (Å²) in [6.07, 6.45) is 12.3. The zero-order valence-electron chi connectivity index (χ0n) is 43.6. The summed E-state index contributed by atoms with van der Waals surface area (Å²) in [6.45, 7) is 29.0. The summed E-state index contributed by atoms with van der Waals surface area (Å²) in [5.74, 6) is 1.18. The number of hydrogen-bond donors (Lipinski definition) is 5. The van der Waals surface area contributed by atoms with Crippen LogP contribution in [0.1, 0.15) is 206 Å². The molecule has 0 aliphatic carbocycles. The lowest BCUT2D eigenvalue weighted by atomic mass is 9.78. The molecule has 1 unspecified atom stereocenters. The second kappa shape index (κ2) is 22.5. The Balaban J connectivity index is 1.35. The van der Waals surface area contributed by atoms with Gasteiger partial charge in [0.1, 0.15) is 17.2 Å². The van der Waals surface area contributed by atoms with E-state index in [0.717, 1.165) is 81.6 Å². The van der Waals surface area contributed by atoms with Crippen LogP contribution in [0.3, 0.4) is 0 Å². The number of rotatable bonds is 20. The molecule has 4 aromatic carbocycles.